The number of aliphatic hydroxyl groups is 1. The van der Waals surface area contributed by atoms with Crippen molar-refractivity contribution in [3.63, 3.8) is 0 Å². The molecule has 18 heavy (non-hydrogen) atoms. The zero-order valence-electron chi connectivity index (χ0n) is 9.68. The first-order valence-electron chi connectivity index (χ1n) is 5.83. The van der Waals surface area contributed by atoms with Gasteiger partial charge in [0.1, 0.15) is 12.2 Å². The Morgan fingerprint density at radius 3 is 2.89 bits per heavy atom. The van der Waals surface area contributed by atoms with Gasteiger partial charge in [-0.1, -0.05) is 6.07 Å². The highest BCUT2D eigenvalue weighted by molar-refractivity contribution is 5.75. The van der Waals surface area contributed by atoms with Crippen molar-refractivity contribution in [2.24, 2.45) is 0 Å². The van der Waals surface area contributed by atoms with Crippen LogP contribution in [-0.4, -0.2) is 41.0 Å². The van der Waals surface area contributed by atoms with Crippen molar-refractivity contribution >= 4 is 11.0 Å². The molecule has 3 N–H and O–H groups in total. The molecule has 2 heterocycles. The van der Waals surface area contributed by atoms with Gasteiger partial charge >= 0.3 is 5.69 Å². The van der Waals surface area contributed by atoms with Crippen LogP contribution in [0.3, 0.4) is 0 Å². The number of aromatic amines is 2. The van der Waals surface area contributed by atoms with E-state index in [1.807, 2.05) is 0 Å². The molecule has 2 unspecified atom stereocenters. The molecule has 0 saturated carbocycles. The van der Waals surface area contributed by atoms with E-state index in [4.69, 9.17) is 9.47 Å². The highest BCUT2D eigenvalue weighted by atomic mass is 16.6. The second-order valence-electron chi connectivity index (χ2n) is 4.31. The minimum atomic E-state index is -0.756. The quantitative estimate of drug-likeness (QED) is 0.715. The SMILES string of the molecule is O=c1[nH]c2ccc(C(O)C3COCCO3)cc2[nH]1. The highest BCUT2D eigenvalue weighted by Gasteiger charge is 2.24. The number of aromatic nitrogens is 2. The summed E-state index contributed by atoms with van der Waals surface area (Å²) in [5.41, 5.74) is 1.84. The van der Waals surface area contributed by atoms with E-state index in [1.165, 1.54) is 0 Å². The van der Waals surface area contributed by atoms with Crippen molar-refractivity contribution in [2.75, 3.05) is 19.8 Å². The molecular weight excluding hydrogens is 236 g/mol. The van der Waals surface area contributed by atoms with E-state index < -0.39 is 6.10 Å². The number of ether oxygens (including phenoxy) is 2. The smallest absolute Gasteiger partial charge is 0.323 e. The van der Waals surface area contributed by atoms with Gasteiger partial charge in [-0.3, -0.25) is 0 Å². The molecule has 0 bridgehead atoms. The molecule has 1 saturated heterocycles. The van der Waals surface area contributed by atoms with Crippen LogP contribution >= 0.6 is 0 Å². The number of fused-ring (bicyclic) bond motifs is 1. The third-order valence-corrected chi connectivity index (χ3v) is 3.08. The monoisotopic (exact) mass is 250 g/mol. The van der Waals surface area contributed by atoms with Gasteiger partial charge in [0.2, 0.25) is 0 Å². The van der Waals surface area contributed by atoms with Crippen LogP contribution in [0.4, 0.5) is 0 Å². The van der Waals surface area contributed by atoms with E-state index in [-0.39, 0.29) is 11.8 Å². The summed E-state index contributed by atoms with van der Waals surface area (Å²) in [5, 5.41) is 10.2. The second kappa shape index (κ2) is 4.56. The molecule has 0 aliphatic carbocycles. The first kappa shape index (κ1) is 11.5. The summed E-state index contributed by atoms with van der Waals surface area (Å²) >= 11 is 0. The summed E-state index contributed by atoms with van der Waals surface area (Å²) in [6.07, 6.45) is -1.12. The minimum Gasteiger partial charge on any atom is -0.386 e. The Morgan fingerprint density at radius 1 is 1.28 bits per heavy atom. The van der Waals surface area contributed by atoms with Crippen LogP contribution in [0, 0.1) is 0 Å². The average molecular weight is 250 g/mol. The van der Waals surface area contributed by atoms with E-state index in [0.29, 0.717) is 30.9 Å². The van der Waals surface area contributed by atoms with Crippen molar-refractivity contribution in [1.82, 2.24) is 9.97 Å². The van der Waals surface area contributed by atoms with E-state index >= 15 is 0 Å². The number of hydrogen-bond acceptors (Lipinski definition) is 4. The molecule has 6 nitrogen and oxygen atoms in total. The van der Waals surface area contributed by atoms with Crippen LogP contribution in [0.5, 0.6) is 0 Å². The molecule has 1 aliphatic heterocycles. The van der Waals surface area contributed by atoms with Crippen molar-refractivity contribution < 1.29 is 14.6 Å². The molecule has 0 radical (unpaired) electrons. The standard InChI is InChI=1S/C12H14N2O4/c15-11(10-6-17-3-4-18-10)7-1-2-8-9(5-7)14-12(16)13-8/h1-2,5,10-11,15H,3-4,6H2,(H2,13,14,16). The molecule has 1 aromatic heterocycles. The van der Waals surface area contributed by atoms with Gasteiger partial charge in [0.15, 0.2) is 0 Å². The number of nitrogens with one attached hydrogen (secondary N) is 2. The van der Waals surface area contributed by atoms with Gasteiger partial charge in [0.05, 0.1) is 30.9 Å². The van der Waals surface area contributed by atoms with E-state index in [1.54, 1.807) is 18.2 Å². The van der Waals surface area contributed by atoms with Crippen LogP contribution in [0.15, 0.2) is 23.0 Å². The predicted molar refractivity (Wildman–Crippen MR) is 64.4 cm³/mol. The molecule has 2 aromatic rings. The number of benzene rings is 1. The van der Waals surface area contributed by atoms with Gasteiger partial charge in [-0.15, -0.1) is 0 Å². The van der Waals surface area contributed by atoms with Gasteiger partial charge in [-0.05, 0) is 17.7 Å². The van der Waals surface area contributed by atoms with Crippen molar-refractivity contribution in [1.29, 1.82) is 0 Å². The van der Waals surface area contributed by atoms with Gasteiger partial charge in [-0.2, -0.15) is 0 Å². The Bertz CT molecular complexity index is 597. The summed E-state index contributed by atoms with van der Waals surface area (Å²) < 4.78 is 10.7. The third kappa shape index (κ3) is 2.05. The molecule has 3 rings (SSSR count). The number of aliphatic hydroxyl groups excluding tert-OH is 1. The summed E-state index contributed by atoms with van der Waals surface area (Å²) in [6, 6.07) is 5.28. The van der Waals surface area contributed by atoms with Crippen LogP contribution in [0.25, 0.3) is 11.0 Å². The van der Waals surface area contributed by atoms with Crippen molar-refractivity contribution in [2.45, 2.75) is 12.2 Å². The van der Waals surface area contributed by atoms with Crippen LogP contribution < -0.4 is 5.69 Å². The molecular formula is C12H14N2O4. The molecule has 0 spiro atoms. The van der Waals surface area contributed by atoms with Gasteiger partial charge in [0, 0.05) is 0 Å². The molecule has 1 fully saturated rings. The number of imidazole rings is 1. The molecule has 96 valence electrons. The second-order valence-corrected chi connectivity index (χ2v) is 4.31. The molecule has 1 aromatic carbocycles. The molecule has 6 heteroatoms. The summed E-state index contributed by atoms with van der Waals surface area (Å²) in [4.78, 5) is 16.5. The molecule has 2 atom stereocenters. The number of hydrogen-bond donors (Lipinski definition) is 3. The van der Waals surface area contributed by atoms with E-state index in [0.717, 1.165) is 5.52 Å². The highest BCUT2D eigenvalue weighted by Crippen LogP contribution is 2.23. The zero-order chi connectivity index (χ0) is 12.5. The minimum absolute atomic E-state index is 0.256. The maximum Gasteiger partial charge on any atom is 0.323 e. The lowest BCUT2D eigenvalue weighted by molar-refractivity contribution is -0.133. The Morgan fingerprint density at radius 2 is 2.11 bits per heavy atom. The van der Waals surface area contributed by atoms with Gasteiger partial charge < -0.3 is 24.5 Å². The first-order chi connectivity index (χ1) is 8.74. The Kier molecular flexibility index (Phi) is 2.91. The summed E-state index contributed by atoms with van der Waals surface area (Å²) in [5.74, 6) is 0. The summed E-state index contributed by atoms with van der Waals surface area (Å²) in [7, 11) is 0. The van der Waals surface area contributed by atoms with E-state index in [2.05, 4.69) is 9.97 Å². The van der Waals surface area contributed by atoms with Gasteiger partial charge in [0.25, 0.3) is 0 Å². The summed E-state index contributed by atoms with van der Waals surface area (Å²) in [6.45, 7) is 1.43. The fourth-order valence-electron chi connectivity index (χ4n) is 2.14. The Hall–Kier alpha value is -1.63. The van der Waals surface area contributed by atoms with Crippen molar-refractivity contribution in [3.05, 3.63) is 34.2 Å². The Labute approximate surface area is 103 Å². The van der Waals surface area contributed by atoms with E-state index in [9.17, 15) is 9.90 Å². The topological polar surface area (TPSA) is 87.3 Å². The maximum atomic E-state index is 11.2. The maximum absolute atomic E-state index is 11.2. The fraction of sp³-hybridized carbons (Fsp3) is 0.417. The lowest BCUT2D eigenvalue weighted by atomic mass is 10.0. The first-order valence-corrected chi connectivity index (χ1v) is 5.83. The fourth-order valence-corrected chi connectivity index (χ4v) is 2.14. The van der Waals surface area contributed by atoms with Crippen molar-refractivity contribution in [3.8, 4) is 0 Å². The number of H-pyrrole nitrogens is 2. The lowest BCUT2D eigenvalue weighted by Crippen LogP contribution is -2.33. The van der Waals surface area contributed by atoms with Crippen LogP contribution in [-0.2, 0) is 9.47 Å². The predicted octanol–water partition coefficient (Wildman–Crippen LogP) is 0.305. The van der Waals surface area contributed by atoms with Crippen LogP contribution in [0.1, 0.15) is 11.7 Å². The molecule has 0 amide bonds. The third-order valence-electron chi connectivity index (χ3n) is 3.08. The normalized spacial score (nSPS) is 22.2. The molecule has 1 aliphatic rings. The Balaban J connectivity index is 1.90. The number of rotatable bonds is 2. The zero-order valence-corrected chi connectivity index (χ0v) is 9.68. The lowest BCUT2D eigenvalue weighted by Gasteiger charge is -2.27. The van der Waals surface area contributed by atoms with Crippen LogP contribution in [0.2, 0.25) is 0 Å². The van der Waals surface area contributed by atoms with Gasteiger partial charge in [-0.25, -0.2) is 4.79 Å². The largest absolute Gasteiger partial charge is 0.386 e. The average Bonchev–Trinajstić information content (AvgIpc) is 2.78.